The lowest BCUT2D eigenvalue weighted by atomic mass is 10.0. The predicted molar refractivity (Wildman–Crippen MR) is 78.5 cm³/mol. The lowest BCUT2D eigenvalue weighted by Gasteiger charge is -2.35. The Morgan fingerprint density at radius 1 is 1.39 bits per heavy atom. The van der Waals surface area contributed by atoms with Crippen LogP contribution in [0.3, 0.4) is 0 Å². The number of nitrogens with zero attached hydrogens (tertiary/aromatic N) is 1. The number of hydrogen-bond donors (Lipinski definition) is 2. The van der Waals surface area contributed by atoms with Crippen LogP contribution in [0.2, 0.25) is 0 Å². The van der Waals surface area contributed by atoms with Gasteiger partial charge in [0.2, 0.25) is 5.91 Å². The van der Waals surface area contributed by atoms with Gasteiger partial charge in [0.05, 0.1) is 5.54 Å². The minimum Gasteiger partial charge on any atom is -0.353 e. The second-order valence-corrected chi connectivity index (χ2v) is 5.14. The van der Waals surface area contributed by atoms with E-state index in [2.05, 4.69) is 17.1 Å². The van der Waals surface area contributed by atoms with E-state index in [-0.39, 0.29) is 30.7 Å². The Morgan fingerprint density at radius 3 is 2.61 bits per heavy atom. The fraction of sp³-hybridized carbons (Fsp3) is 0.917. The zero-order valence-corrected chi connectivity index (χ0v) is 12.6. The van der Waals surface area contributed by atoms with Gasteiger partial charge in [-0.3, -0.25) is 9.69 Å². The van der Waals surface area contributed by atoms with Gasteiger partial charge in [0.1, 0.15) is 0 Å². The molecule has 1 amide bonds. The molecule has 3 N–H and O–H groups in total. The van der Waals surface area contributed by atoms with Crippen molar-refractivity contribution in [2.24, 2.45) is 5.73 Å². The van der Waals surface area contributed by atoms with Gasteiger partial charge in [0.25, 0.3) is 0 Å². The molecule has 0 aromatic rings. The number of hydrogen-bond acceptors (Lipinski definition) is 3. The van der Waals surface area contributed by atoms with Gasteiger partial charge in [-0.25, -0.2) is 0 Å². The molecule has 18 heavy (non-hydrogen) atoms. The van der Waals surface area contributed by atoms with Crippen LogP contribution in [-0.4, -0.2) is 42.0 Å². The Bertz CT molecular complexity index is 272. The summed E-state index contributed by atoms with van der Waals surface area (Å²) in [5.41, 5.74) is 5.33. The van der Waals surface area contributed by atoms with Crippen molar-refractivity contribution in [2.75, 3.05) is 19.6 Å². The summed E-state index contributed by atoms with van der Waals surface area (Å²) in [5.74, 6) is 0.0501. The molecule has 2 rings (SSSR count). The number of carbonyl (C=O) groups excluding carboxylic acids is 1. The highest BCUT2D eigenvalue weighted by molar-refractivity contribution is 5.88. The van der Waals surface area contributed by atoms with Crippen LogP contribution >= 0.6 is 24.8 Å². The molecule has 1 saturated heterocycles. The maximum absolute atomic E-state index is 11.7. The maximum Gasteiger partial charge on any atom is 0.240 e. The highest BCUT2D eigenvalue weighted by atomic mass is 35.5. The van der Waals surface area contributed by atoms with Crippen LogP contribution < -0.4 is 11.1 Å². The quantitative estimate of drug-likeness (QED) is 0.823. The summed E-state index contributed by atoms with van der Waals surface area (Å²) in [6, 6.07) is 0.519. The van der Waals surface area contributed by atoms with Gasteiger partial charge in [-0.15, -0.1) is 24.8 Å². The molecular formula is C12H25Cl2N3O. The zero-order valence-electron chi connectivity index (χ0n) is 11.0. The Morgan fingerprint density at radius 2 is 2.06 bits per heavy atom. The third-order valence-electron chi connectivity index (χ3n) is 3.89. The molecule has 1 heterocycles. The van der Waals surface area contributed by atoms with Crippen LogP contribution in [0.15, 0.2) is 0 Å². The van der Waals surface area contributed by atoms with E-state index in [9.17, 15) is 4.79 Å². The topological polar surface area (TPSA) is 58.4 Å². The molecule has 108 valence electrons. The summed E-state index contributed by atoms with van der Waals surface area (Å²) >= 11 is 0. The van der Waals surface area contributed by atoms with Gasteiger partial charge in [0.15, 0.2) is 0 Å². The van der Waals surface area contributed by atoms with Crippen molar-refractivity contribution in [1.29, 1.82) is 0 Å². The van der Waals surface area contributed by atoms with E-state index in [1.165, 1.54) is 25.8 Å². The number of piperidine rings is 1. The SMILES string of the molecule is CCN1CCCCC1CNC(=O)C1(N)CC1.Cl.Cl. The molecule has 4 nitrogen and oxygen atoms in total. The van der Waals surface area contributed by atoms with E-state index in [0.29, 0.717) is 6.04 Å². The summed E-state index contributed by atoms with van der Waals surface area (Å²) in [7, 11) is 0. The first-order valence-corrected chi connectivity index (χ1v) is 6.47. The molecule has 0 spiro atoms. The van der Waals surface area contributed by atoms with Gasteiger partial charge < -0.3 is 11.1 Å². The Hall–Kier alpha value is -0.0300. The van der Waals surface area contributed by atoms with Crippen molar-refractivity contribution in [3.8, 4) is 0 Å². The number of nitrogens with two attached hydrogens (primary N) is 1. The monoisotopic (exact) mass is 297 g/mol. The van der Waals surface area contributed by atoms with E-state index in [0.717, 1.165) is 25.9 Å². The van der Waals surface area contributed by atoms with Crippen LogP contribution in [0, 0.1) is 0 Å². The minimum absolute atomic E-state index is 0. The van der Waals surface area contributed by atoms with Crippen molar-refractivity contribution in [2.45, 2.75) is 50.6 Å². The molecule has 1 unspecified atom stereocenters. The number of nitrogens with one attached hydrogen (secondary N) is 1. The number of carbonyl (C=O) groups is 1. The lowest BCUT2D eigenvalue weighted by molar-refractivity contribution is -0.123. The Labute approximate surface area is 122 Å². The first kappa shape index (κ1) is 18.0. The van der Waals surface area contributed by atoms with Crippen molar-refractivity contribution in [3.63, 3.8) is 0 Å². The van der Waals surface area contributed by atoms with Crippen LogP contribution in [-0.2, 0) is 4.79 Å². The molecule has 6 heteroatoms. The fourth-order valence-corrected chi connectivity index (χ4v) is 2.46. The first-order chi connectivity index (χ1) is 7.65. The summed E-state index contributed by atoms with van der Waals surface area (Å²) in [5, 5.41) is 3.01. The largest absolute Gasteiger partial charge is 0.353 e. The standard InChI is InChI=1S/C12H23N3O.2ClH/c1-2-15-8-4-3-5-10(15)9-14-11(16)12(13)6-7-12;;/h10H,2-9,13H2,1H3,(H,14,16);2*1H. The van der Waals surface area contributed by atoms with Crippen LogP contribution in [0.25, 0.3) is 0 Å². The van der Waals surface area contributed by atoms with Crippen molar-refractivity contribution >= 4 is 30.7 Å². The number of likely N-dealkylation sites (N-methyl/N-ethyl adjacent to an activating group) is 1. The van der Waals surface area contributed by atoms with E-state index >= 15 is 0 Å². The third-order valence-corrected chi connectivity index (χ3v) is 3.89. The predicted octanol–water partition coefficient (Wildman–Crippen LogP) is 1.31. The van der Waals surface area contributed by atoms with E-state index in [1.54, 1.807) is 0 Å². The number of amides is 1. The molecule has 2 aliphatic rings. The van der Waals surface area contributed by atoms with Crippen molar-refractivity contribution in [1.82, 2.24) is 10.2 Å². The van der Waals surface area contributed by atoms with Gasteiger partial charge >= 0.3 is 0 Å². The average Bonchev–Trinajstić information content (AvgIpc) is 3.06. The number of rotatable bonds is 4. The van der Waals surface area contributed by atoms with Gasteiger partial charge in [0, 0.05) is 12.6 Å². The molecule has 0 bridgehead atoms. The molecule has 1 saturated carbocycles. The second-order valence-electron chi connectivity index (χ2n) is 5.14. The molecule has 2 fully saturated rings. The van der Waals surface area contributed by atoms with E-state index in [1.807, 2.05) is 0 Å². The van der Waals surface area contributed by atoms with Gasteiger partial charge in [-0.05, 0) is 38.8 Å². The third kappa shape index (κ3) is 4.26. The zero-order chi connectivity index (χ0) is 11.6. The first-order valence-electron chi connectivity index (χ1n) is 6.47. The molecule has 0 aromatic carbocycles. The van der Waals surface area contributed by atoms with Crippen molar-refractivity contribution in [3.05, 3.63) is 0 Å². The summed E-state index contributed by atoms with van der Waals surface area (Å²) < 4.78 is 0. The van der Waals surface area contributed by atoms with Crippen molar-refractivity contribution < 1.29 is 4.79 Å². The molecule has 0 aromatic heterocycles. The second kappa shape index (κ2) is 7.53. The summed E-state index contributed by atoms with van der Waals surface area (Å²) in [6.07, 6.45) is 5.47. The van der Waals surface area contributed by atoms with Crippen LogP contribution in [0.5, 0.6) is 0 Å². The number of likely N-dealkylation sites (tertiary alicyclic amines) is 1. The fourth-order valence-electron chi connectivity index (χ4n) is 2.46. The molecular weight excluding hydrogens is 273 g/mol. The summed E-state index contributed by atoms with van der Waals surface area (Å²) in [4.78, 5) is 14.2. The number of halogens is 2. The molecule has 1 aliphatic carbocycles. The van der Waals surface area contributed by atoms with E-state index < -0.39 is 5.54 Å². The Kier molecular flexibility index (Phi) is 7.52. The van der Waals surface area contributed by atoms with Gasteiger partial charge in [-0.1, -0.05) is 13.3 Å². The minimum atomic E-state index is -0.522. The van der Waals surface area contributed by atoms with Gasteiger partial charge in [-0.2, -0.15) is 0 Å². The lowest BCUT2D eigenvalue weighted by Crippen LogP contribution is -2.50. The molecule has 0 radical (unpaired) electrons. The summed E-state index contributed by atoms with van der Waals surface area (Å²) in [6.45, 7) is 5.20. The highest BCUT2D eigenvalue weighted by Gasteiger charge is 2.45. The molecule has 1 aliphatic heterocycles. The average molecular weight is 298 g/mol. The maximum atomic E-state index is 11.7. The smallest absolute Gasteiger partial charge is 0.240 e. The normalized spacial score (nSPS) is 25.6. The van der Waals surface area contributed by atoms with E-state index in [4.69, 9.17) is 5.73 Å². The molecule has 1 atom stereocenters. The van der Waals surface area contributed by atoms with Crippen LogP contribution in [0.4, 0.5) is 0 Å². The Balaban J connectivity index is 0.00000144. The van der Waals surface area contributed by atoms with Crippen LogP contribution in [0.1, 0.15) is 39.0 Å². The highest BCUT2D eigenvalue weighted by Crippen LogP contribution is 2.32.